The van der Waals surface area contributed by atoms with Crippen LogP contribution in [0.3, 0.4) is 0 Å². The zero-order valence-electron chi connectivity index (χ0n) is 11.0. The monoisotopic (exact) mass is 254 g/mol. The molecule has 5 nitrogen and oxygen atoms in total. The summed E-state index contributed by atoms with van der Waals surface area (Å²) in [7, 11) is 0. The summed E-state index contributed by atoms with van der Waals surface area (Å²) in [5.41, 5.74) is 0. The lowest BCUT2D eigenvalue weighted by molar-refractivity contribution is -0.139. The van der Waals surface area contributed by atoms with E-state index < -0.39 is 0 Å². The summed E-state index contributed by atoms with van der Waals surface area (Å²) in [6.45, 7) is 4.99. The van der Waals surface area contributed by atoms with E-state index in [2.05, 4.69) is 5.32 Å². The Morgan fingerprint density at radius 3 is 2.67 bits per heavy atom. The zero-order valence-corrected chi connectivity index (χ0v) is 11.0. The van der Waals surface area contributed by atoms with Gasteiger partial charge in [-0.15, -0.1) is 0 Å². The van der Waals surface area contributed by atoms with E-state index in [1.807, 2.05) is 6.92 Å². The number of ether oxygens (including phenoxy) is 1. The number of hydrogen-bond donors (Lipinski definition) is 1. The molecule has 18 heavy (non-hydrogen) atoms. The molecule has 0 bridgehead atoms. The Morgan fingerprint density at radius 2 is 2.06 bits per heavy atom. The number of nitrogens with zero attached hydrogens (tertiary/aromatic N) is 1. The Bertz CT molecular complexity index is 313. The van der Waals surface area contributed by atoms with Crippen LogP contribution in [0.4, 0.5) is 0 Å². The van der Waals surface area contributed by atoms with E-state index in [4.69, 9.17) is 4.74 Å². The highest BCUT2D eigenvalue weighted by molar-refractivity contribution is 6.03. The number of amides is 2. The molecule has 0 radical (unpaired) electrons. The minimum Gasteiger partial charge on any atom is -0.378 e. The molecule has 0 aromatic rings. The first kappa shape index (κ1) is 13.5. The Labute approximate surface area is 108 Å². The van der Waals surface area contributed by atoms with Crippen molar-refractivity contribution in [1.29, 1.82) is 0 Å². The van der Waals surface area contributed by atoms with Crippen molar-refractivity contribution >= 4 is 11.8 Å². The van der Waals surface area contributed by atoms with Crippen LogP contribution in [-0.4, -0.2) is 49.1 Å². The van der Waals surface area contributed by atoms with Gasteiger partial charge in [0.05, 0.1) is 6.10 Å². The Hall–Kier alpha value is -0.940. The largest absolute Gasteiger partial charge is 0.378 e. The second kappa shape index (κ2) is 6.29. The fourth-order valence-electron chi connectivity index (χ4n) is 2.52. The summed E-state index contributed by atoms with van der Waals surface area (Å²) >= 11 is 0. The predicted octanol–water partition coefficient (Wildman–Crippen LogP) is 0.540. The summed E-state index contributed by atoms with van der Waals surface area (Å²) in [5, 5.41) is 3.29. The Morgan fingerprint density at radius 1 is 1.33 bits per heavy atom. The molecule has 0 spiro atoms. The second-order valence-electron chi connectivity index (χ2n) is 5.16. The summed E-state index contributed by atoms with van der Waals surface area (Å²) in [6.07, 6.45) is 3.56. The molecule has 2 saturated heterocycles. The Kier molecular flexibility index (Phi) is 4.72. The molecule has 2 heterocycles. The summed E-state index contributed by atoms with van der Waals surface area (Å²) < 4.78 is 5.75. The maximum Gasteiger partial charge on any atom is 0.232 e. The number of nitrogens with one attached hydrogen (secondary N) is 1. The molecule has 0 aromatic carbocycles. The number of hydrogen-bond acceptors (Lipinski definition) is 4. The molecule has 2 rings (SSSR count). The molecular formula is C13H22N2O3. The van der Waals surface area contributed by atoms with Crippen LogP contribution in [-0.2, 0) is 14.3 Å². The first-order valence-corrected chi connectivity index (χ1v) is 6.85. The lowest BCUT2D eigenvalue weighted by Crippen LogP contribution is -2.34. The fourth-order valence-corrected chi connectivity index (χ4v) is 2.52. The van der Waals surface area contributed by atoms with Gasteiger partial charge < -0.3 is 10.1 Å². The highest BCUT2D eigenvalue weighted by Crippen LogP contribution is 2.18. The number of carbonyl (C=O) groups is 2. The van der Waals surface area contributed by atoms with Gasteiger partial charge in [0, 0.05) is 25.5 Å². The first-order valence-electron chi connectivity index (χ1n) is 6.85. The molecule has 2 fully saturated rings. The van der Waals surface area contributed by atoms with E-state index in [0.717, 1.165) is 32.4 Å². The smallest absolute Gasteiger partial charge is 0.232 e. The predicted molar refractivity (Wildman–Crippen MR) is 67.0 cm³/mol. The van der Waals surface area contributed by atoms with Crippen molar-refractivity contribution in [3.63, 3.8) is 0 Å². The minimum absolute atomic E-state index is 0.0260. The van der Waals surface area contributed by atoms with Crippen molar-refractivity contribution in [3.8, 4) is 0 Å². The van der Waals surface area contributed by atoms with Crippen LogP contribution < -0.4 is 5.32 Å². The van der Waals surface area contributed by atoms with Crippen LogP contribution in [0.1, 0.15) is 32.6 Å². The van der Waals surface area contributed by atoms with Crippen molar-refractivity contribution in [2.75, 3.05) is 26.2 Å². The number of imide groups is 1. The van der Waals surface area contributed by atoms with E-state index in [9.17, 15) is 9.59 Å². The van der Waals surface area contributed by atoms with Gasteiger partial charge >= 0.3 is 0 Å². The highest BCUT2D eigenvalue weighted by atomic mass is 16.5. The lowest BCUT2D eigenvalue weighted by Gasteiger charge is -2.23. The molecule has 1 N–H and O–H groups in total. The van der Waals surface area contributed by atoms with Gasteiger partial charge in [-0.05, 0) is 32.4 Å². The molecule has 0 aromatic heterocycles. The van der Waals surface area contributed by atoms with E-state index >= 15 is 0 Å². The number of piperidine rings is 1. The fraction of sp³-hybridized carbons (Fsp3) is 0.846. The molecule has 1 atom stereocenters. The van der Waals surface area contributed by atoms with Crippen LogP contribution >= 0.6 is 0 Å². The van der Waals surface area contributed by atoms with Crippen LogP contribution in [0.15, 0.2) is 0 Å². The topological polar surface area (TPSA) is 58.6 Å². The number of carbonyl (C=O) groups excluding carboxylic acids is 2. The third-order valence-corrected chi connectivity index (χ3v) is 3.64. The normalized spacial score (nSPS) is 26.1. The third kappa shape index (κ3) is 3.29. The Balaban J connectivity index is 1.63. The third-order valence-electron chi connectivity index (χ3n) is 3.64. The number of rotatable bonds is 5. The highest BCUT2D eigenvalue weighted by Gasteiger charge is 2.34. The van der Waals surface area contributed by atoms with Crippen molar-refractivity contribution in [2.45, 2.75) is 38.7 Å². The molecule has 2 amide bonds. The lowest BCUT2D eigenvalue weighted by atomic mass is 10.1. The van der Waals surface area contributed by atoms with Crippen LogP contribution in [0.2, 0.25) is 0 Å². The first-order chi connectivity index (χ1) is 8.68. The number of likely N-dealkylation sites (tertiary alicyclic amines) is 1. The molecule has 0 aliphatic carbocycles. The van der Waals surface area contributed by atoms with E-state index in [0.29, 0.717) is 25.7 Å². The molecule has 2 aliphatic rings. The van der Waals surface area contributed by atoms with Gasteiger partial charge in [0.2, 0.25) is 11.8 Å². The van der Waals surface area contributed by atoms with Gasteiger partial charge in [0.15, 0.2) is 0 Å². The van der Waals surface area contributed by atoms with Gasteiger partial charge in [0.25, 0.3) is 0 Å². The molecule has 5 heteroatoms. The van der Waals surface area contributed by atoms with Crippen LogP contribution in [0.25, 0.3) is 0 Å². The molecule has 2 aliphatic heterocycles. The van der Waals surface area contributed by atoms with Gasteiger partial charge in [-0.25, -0.2) is 0 Å². The van der Waals surface area contributed by atoms with Crippen LogP contribution in [0, 0.1) is 5.92 Å². The molecule has 1 unspecified atom stereocenters. The van der Waals surface area contributed by atoms with Gasteiger partial charge in [-0.3, -0.25) is 14.5 Å². The van der Waals surface area contributed by atoms with Gasteiger partial charge in [-0.2, -0.15) is 0 Å². The standard InChI is InChI=1S/C13H22N2O3/c1-10-9-12(16)15(13(10)17)7-2-8-18-11-3-5-14-6-4-11/h10-11,14H,2-9H2,1H3. The summed E-state index contributed by atoms with van der Waals surface area (Å²) in [5.74, 6) is -0.195. The maximum absolute atomic E-state index is 11.7. The second-order valence-corrected chi connectivity index (χ2v) is 5.16. The summed E-state index contributed by atoms with van der Waals surface area (Å²) in [4.78, 5) is 24.6. The van der Waals surface area contributed by atoms with Gasteiger partial charge in [-0.1, -0.05) is 6.92 Å². The summed E-state index contributed by atoms with van der Waals surface area (Å²) in [6, 6.07) is 0. The van der Waals surface area contributed by atoms with E-state index in [-0.39, 0.29) is 17.7 Å². The van der Waals surface area contributed by atoms with Crippen molar-refractivity contribution < 1.29 is 14.3 Å². The average molecular weight is 254 g/mol. The van der Waals surface area contributed by atoms with E-state index in [1.165, 1.54) is 4.90 Å². The zero-order chi connectivity index (χ0) is 13.0. The quantitative estimate of drug-likeness (QED) is 0.574. The van der Waals surface area contributed by atoms with Crippen molar-refractivity contribution in [3.05, 3.63) is 0 Å². The van der Waals surface area contributed by atoms with Crippen LogP contribution in [0.5, 0.6) is 0 Å². The SMILES string of the molecule is CC1CC(=O)N(CCCOC2CCNCC2)C1=O. The molecular weight excluding hydrogens is 232 g/mol. The van der Waals surface area contributed by atoms with Crippen molar-refractivity contribution in [1.82, 2.24) is 10.2 Å². The minimum atomic E-state index is -0.136. The van der Waals surface area contributed by atoms with Gasteiger partial charge in [0.1, 0.15) is 0 Å². The maximum atomic E-state index is 11.7. The van der Waals surface area contributed by atoms with E-state index in [1.54, 1.807) is 0 Å². The average Bonchev–Trinajstić information content (AvgIpc) is 2.61. The molecule has 102 valence electrons. The molecule has 0 saturated carbocycles. The van der Waals surface area contributed by atoms with Crippen molar-refractivity contribution in [2.24, 2.45) is 5.92 Å².